The molecule has 1 spiro atoms. The van der Waals surface area contributed by atoms with E-state index in [9.17, 15) is 9.59 Å². The van der Waals surface area contributed by atoms with Crippen LogP contribution in [0.4, 0.5) is 0 Å². The molecule has 0 atom stereocenters. The normalized spacial score (nSPS) is 21.1. The van der Waals surface area contributed by atoms with Crippen molar-refractivity contribution in [2.24, 2.45) is 0 Å². The molecule has 0 fully saturated rings. The molecule has 0 radical (unpaired) electrons. The highest BCUT2D eigenvalue weighted by molar-refractivity contribution is 5.93. The van der Waals surface area contributed by atoms with Crippen LogP contribution in [0.15, 0.2) is 36.4 Å². The van der Waals surface area contributed by atoms with Crippen molar-refractivity contribution in [2.45, 2.75) is 12.2 Å². The third-order valence-electron chi connectivity index (χ3n) is 3.24. The molecule has 3 rings (SSSR count). The zero-order valence-corrected chi connectivity index (χ0v) is 10.2. The Morgan fingerprint density at radius 1 is 1.05 bits per heavy atom. The van der Waals surface area contributed by atoms with Gasteiger partial charge >= 0.3 is 11.9 Å². The third-order valence-corrected chi connectivity index (χ3v) is 3.24. The summed E-state index contributed by atoms with van der Waals surface area (Å²) in [7, 11) is 0. The Morgan fingerprint density at radius 3 is 2.47 bits per heavy atom. The lowest BCUT2D eigenvalue weighted by Crippen LogP contribution is -2.43. The molecule has 0 aromatic heterocycles. The number of nitrogens with one attached hydrogen (secondary N) is 1. The average molecular weight is 259 g/mol. The maximum Gasteiger partial charge on any atom is 0.334 e. The smallest absolute Gasteiger partial charge is 0.334 e. The van der Waals surface area contributed by atoms with E-state index in [4.69, 9.17) is 9.47 Å². The number of benzene rings is 1. The van der Waals surface area contributed by atoms with Crippen LogP contribution >= 0.6 is 0 Å². The van der Waals surface area contributed by atoms with Gasteiger partial charge in [0.05, 0.1) is 6.54 Å². The number of rotatable bonds is 0. The molecule has 0 saturated heterocycles. The summed E-state index contributed by atoms with van der Waals surface area (Å²) >= 11 is 0. The van der Waals surface area contributed by atoms with Crippen LogP contribution in [-0.2, 0) is 31.3 Å². The first-order valence-electron chi connectivity index (χ1n) is 6.13. The largest absolute Gasteiger partial charge is 0.413 e. The van der Waals surface area contributed by atoms with Crippen LogP contribution in [-0.4, -0.2) is 25.0 Å². The summed E-state index contributed by atoms with van der Waals surface area (Å²) in [4.78, 5) is 23.3. The summed E-state index contributed by atoms with van der Waals surface area (Å²) < 4.78 is 10.8. The predicted molar refractivity (Wildman–Crippen MR) is 66.0 cm³/mol. The lowest BCUT2D eigenvalue weighted by molar-refractivity contribution is -0.223. The summed E-state index contributed by atoms with van der Waals surface area (Å²) in [5, 5.41) is 3.14. The van der Waals surface area contributed by atoms with E-state index >= 15 is 0 Å². The van der Waals surface area contributed by atoms with Gasteiger partial charge in [0.25, 0.3) is 5.79 Å². The van der Waals surface area contributed by atoms with Gasteiger partial charge in [-0.1, -0.05) is 24.3 Å². The van der Waals surface area contributed by atoms with Gasteiger partial charge in [0.2, 0.25) is 0 Å². The van der Waals surface area contributed by atoms with E-state index in [2.05, 4.69) is 5.32 Å². The van der Waals surface area contributed by atoms with Crippen LogP contribution in [0.2, 0.25) is 0 Å². The Morgan fingerprint density at radius 2 is 1.74 bits per heavy atom. The highest BCUT2D eigenvalue weighted by Crippen LogP contribution is 2.33. The summed E-state index contributed by atoms with van der Waals surface area (Å²) in [5.41, 5.74) is 1.74. The van der Waals surface area contributed by atoms with Gasteiger partial charge in [0.15, 0.2) is 0 Å². The van der Waals surface area contributed by atoms with Crippen LogP contribution in [0, 0.1) is 0 Å². The molecule has 0 amide bonds. The molecule has 2 aliphatic heterocycles. The van der Waals surface area contributed by atoms with Crippen LogP contribution in [0.25, 0.3) is 0 Å². The van der Waals surface area contributed by atoms with E-state index < -0.39 is 17.7 Å². The van der Waals surface area contributed by atoms with E-state index in [0.717, 1.165) is 36.2 Å². The lowest BCUT2D eigenvalue weighted by Gasteiger charge is -2.31. The van der Waals surface area contributed by atoms with Gasteiger partial charge in [-0.25, -0.2) is 9.59 Å². The van der Waals surface area contributed by atoms with Crippen molar-refractivity contribution in [1.82, 2.24) is 5.32 Å². The predicted octanol–water partition coefficient (Wildman–Crippen LogP) is 0.641. The van der Waals surface area contributed by atoms with Crippen molar-refractivity contribution < 1.29 is 19.1 Å². The Bertz CT molecular complexity index is 544. The van der Waals surface area contributed by atoms with Crippen LogP contribution < -0.4 is 5.32 Å². The van der Waals surface area contributed by atoms with Crippen molar-refractivity contribution in [3.8, 4) is 0 Å². The fraction of sp³-hybridized carbons (Fsp3) is 0.286. The summed E-state index contributed by atoms with van der Waals surface area (Å²) in [6, 6.07) is 7.53. The molecule has 2 heterocycles. The molecular weight excluding hydrogens is 246 g/mol. The molecule has 0 bridgehead atoms. The maximum absolute atomic E-state index is 11.7. The van der Waals surface area contributed by atoms with E-state index in [1.54, 1.807) is 0 Å². The molecule has 0 aliphatic carbocycles. The second kappa shape index (κ2) is 4.51. The van der Waals surface area contributed by atoms with Gasteiger partial charge in [-0.3, -0.25) is 0 Å². The SMILES string of the molecule is O=C1C=CC(=O)OC2(CNCCc3ccccc32)O1. The van der Waals surface area contributed by atoms with Gasteiger partial charge < -0.3 is 14.8 Å². The topological polar surface area (TPSA) is 64.6 Å². The second-order valence-corrected chi connectivity index (χ2v) is 4.51. The van der Waals surface area contributed by atoms with E-state index in [1.165, 1.54) is 0 Å². The number of ether oxygens (including phenoxy) is 2. The average Bonchev–Trinajstić information content (AvgIpc) is 2.66. The van der Waals surface area contributed by atoms with Crippen LogP contribution in [0.3, 0.4) is 0 Å². The highest BCUT2D eigenvalue weighted by Gasteiger charge is 2.43. The minimum Gasteiger partial charge on any atom is -0.413 e. The number of carbonyl (C=O) groups is 2. The molecule has 1 aromatic carbocycles. The highest BCUT2D eigenvalue weighted by atomic mass is 16.7. The molecular formula is C14H13NO4. The van der Waals surface area contributed by atoms with Crippen LogP contribution in [0.5, 0.6) is 0 Å². The van der Waals surface area contributed by atoms with Crippen molar-refractivity contribution in [2.75, 3.05) is 13.1 Å². The molecule has 0 saturated carbocycles. The quantitative estimate of drug-likeness (QED) is 0.693. The molecule has 0 unspecified atom stereocenters. The van der Waals surface area contributed by atoms with Crippen LogP contribution in [0.1, 0.15) is 11.1 Å². The fourth-order valence-corrected chi connectivity index (χ4v) is 2.41. The number of hydrogen-bond acceptors (Lipinski definition) is 5. The van der Waals surface area contributed by atoms with E-state index in [0.29, 0.717) is 0 Å². The van der Waals surface area contributed by atoms with Crippen molar-refractivity contribution in [3.63, 3.8) is 0 Å². The molecule has 98 valence electrons. The third kappa shape index (κ3) is 2.13. The van der Waals surface area contributed by atoms with E-state index in [1.807, 2.05) is 24.3 Å². The van der Waals surface area contributed by atoms with Gasteiger partial charge in [-0.05, 0) is 18.5 Å². The molecule has 5 heteroatoms. The molecule has 5 nitrogen and oxygen atoms in total. The van der Waals surface area contributed by atoms with Crippen molar-refractivity contribution in [1.29, 1.82) is 0 Å². The number of fused-ring (bicyclic) bond motifs is 2. The maximum atomic E-state index is 11.7. The zero-order valence-electron chi connectivity index (χ0n) is 10.2. The monoisotopic (exact) mass is 259 g/mol. The molecule has 1 N–H and O–H groups in total. The Kier molecular flexibility index (Phi) is 2.83. The van der Waals surface area contributed by atoms with Crippen molar-refractivity contribution in [3.05, 3.63) is 47.5 Å². The zero-order chi connectivity index (χ0) is 13.3. The first-order valence-corrected chi connectivity index (χ1v) is 6.13. The summed E-state index contributed by atoms with van der Waals surface area (Å²) in [6.07, 6.45) is 2.97. The first-order chi connectivity index (χ1) is 9.20. The Balaban J connectivity index is 2.11. The number of hydrogen-bond donors (Lipinski definition) is 1. The fourth-order valence-electron chi connectivity index (χ4n) is 2.41. The minimum absolute atomic E-state index is 0.253. The first kappa shape index (κ1) is 11.9. The number of carbonyl (C=O) groups excluding carboxylic acids is 2. The Labute approximate surface area is 110 Å². The van der Waals surface area contributed by atoms with E-state index in [-0.39, 0.29) is 6.54 Å². The van der Waals surface area contributed by atoms with Crippen molar-refractivity contribution >= 4 is 11.9 Å². The summed E-state index contributed by atoms with van der Waals surface area (Å²) in [6.45, 7) is 0.991. The van der Waals surface area contributed by atoms with Gasteiger partial charge in [-0.15, -0.1) is 0 Å². The standard InChI is InChI=1S/C14H13NO4/c16-12-5-6-13(17)19-14(18-12)9-15-8-7-10-3-1-2-4-11(10)14/h1-6,15H,7-9H2. The number of esters is 2. The van der Waals surface area contributed by atoms with Gasteiger partial charge in [0, 0.05) is 17.7 Å². The van der Waals surface area contributed by atoms with Gasteiger partial charge in [0.1, 0.15) is 0 Å². The molecule has 19 heavy (non-hydrogen) atoms. The molecule has 1 aromatic rings. The molecule has 2 aliphatic rings. The second-order valence-electron chi connectivity index (χ2n) is 4.51. The summed E-state index contributed by atoms with van der Waals surface area (Å²) in [5.74, 6) is -2.53. The van der Waals surface area contributed by atoms with Gasteiger partial charge in [-0.2, -0.15) is 0 Å². The lowest BCUT2D eigenvalue weighted by atomic mass is 9.98. The Hall–Kier alpha value is -2.14. The minimum atomic E-state index is -1.37.